The topological polar surface area (TPSA) is 137 Å². The van der Waals surface area contributed by atoms with Gasteiger partial charge in [0.2, 0.25) is 11.3 Å². The molecule has 0 radical (unpaired) electrons. The largest absolute Gasteiger partial charge is 0.497 e. The third-order valence-electron chi connectivity index (χ3n) is 5.42. The summed E-state index contributed by atoms with van der Waals surface area (Å²) >= 11 is 1.37. The Morgan fingerprint density at radius 1 is 1.20 bits per heavy atom. The monoisotopic (exact) mass is 495 g/mol. The van der Waals surface area contributed by atoms with Crippen LogP contribution >= 0.6 is 11.8 Å². The maximum Gasteiger partial charge on any atom is 0.294 e. The van der Waals surface area contributed by atoms with Crippen molar-refractivity contribution in [3.63, 3.8) is 0 Å². The molecule has 0 saturated carbocycles. The molecule has 0 spiro atoms. The number of rotatable bonds is 6. The van der Waals surface area contributed by atoms with E-state index in [1.807, 2.05) is 0 Å². The smallest absolute Gasteiger partial charge is 0.294 e. The molecule has 2 aromatic carbocycles. The molecule has 1 fully saturated rings. The first-order valence-corrected chi connectivity index (χ1v) is 11.6. The van der Waals surface area contributed by atoms with Crippen LogP contribution in [0.3, 0.4) is 0 Å². The van der Waals surface area contributed by atoms with Crippen molar-refractivity contribution in [2.45, 2.75) is 13.0 Å². The third-order valence-corrected chi connectivity index (χ3v) is 6.43. The number of nitrogens with one attached hydrogen (secondary N) is 1. The summed E-state index contributed by atoms with van der Waals surface area (Å²) in [6.07, 6.45) is 0. The van der Waals surface area contributed by atoms with Crippen LogP contribution in [0.1, 0.15) is 16.2 Å². The molecule has 0 aliphatic carbocycles. The first-order chi connectivity index (χ1) is 16.8. The minimum absolute atomic E-state index is 0.119. The van der Waals surface area contributed by atoms with Crippen LogP contribution in [0, 0.1) is 17.0 Å². The zero-order valence-corrected chi connectivity index (χ0v) is 19.7. The molecule has 0 bridgehead atoms. The Morgan fingerprint density at radius 2 is 1.91 bits per heavy atom. The van der Waals surface area contributed by atoms with E-state index >= 15 is 0 Å². The van der Waals surface area contributed by atoms with Crippen molar-refractivity contribution in [2.75, 3.05) is 24.1 Å². The van der Waals surface area contributed by atoms with Gasteiger partial charge in [-0.05, 0) is 37.3 Å². The van der Waals surface area contributed by atoms with Crippen molar-refractivity contribution < 1.29 is 19.2 Å². The second-order valence-corrected chi connectivity index (χ2v) is 8.66. The van der Waals surface area contributed by atoms with E-state index < -0.39 is 33.9 Å². The van der Waals surface area contributed by atoms with Crippen LogP contribution in [0.4, 0.5) is 11.4 Å². The highest BCUT2D eigenvalue weighted by Crippen LogP contribution is 2.25. The highest BCUT2D eigenvalue weighted by atomic mass is 32.2. The van der Waals surface area contributed by atoms with Gasteiger partial charge in [0, 0.05) is 29.3 Å². The molecule has 12 heteroatoms. The van der Waals surface area contributed by atoms with Crippen molar-refractivity contribution in [2.24, 2.45) is 0 Å². The molecule has 2 heterocycles. The molecule has 1 saturated heterocycles. The third kappa shape index (κ3) is 4.87. The van der Waals surface area contributed by atoms with Crippen LogP contribution in [0.2, 0.25) is 0 Å². The predicted octanol–water partition coefficient (Wildman–Crippen LogP) is 2.61. The van der Waals surface area contributed by atoms with Gasteiger partial charge in [-0.1, -0.05) is 12.1 Å². The van der Waals surface area contributed by atoms with Crippen molar-refractivity contribution in [1.29, 1.82) is 0 Å². The Morgan fingerprint density at radius 3 is 2.60 bits per heavy atom. The second kappa shape index (κ2) is 9.97. The summed E-state index contributed by atoms with van der Waals surface area (Å²) in [5.41, 5.74) is -0.294. The van der Waals surface area contributed by atoms with Gasteiger partial charge in [0.05, 0.1) is 17.9 Å². The number of carbonyl (C=O) groups is 2. The molecule has 35 heavy (non-hydrogen) atoms. The highest BCUT2D eigenvalue weighted by molar-refractivity contribution is 7.99. The van der Waals surface area contributed by atoms with Crippen LogP contribution in [0.15, 0.2) is 59.4 Å². The first kappa shape index (κ1) is 24.0. The summed E-state index contributed by atoms with van der Waals surface area (Å²) in [4.78, 5) is 51.2. The Balaban J connectivity index is 1.63. The number of nitrogens with zero attached hydrogens (tertiary/aromatic N) is 4. The molecule has 1 atom stereocenters. The SMILES string of the molecule is COc1ccc(NC(=O)C2CSCN2C(=O)c2nn(-c3ccccc3[N+](=O)[O-])c(C)cc2=O)cc1. The lowest BCUT2D eigenvalue weighted by atomic mass is 10.2. The van der Waals surface area contributed by atoms with Gasteiger partial charge in [0.15, 0.2) is 5.69 Å². The van der Waals surface area contributed by atoms with E-state index in [1.54, 1.807) is 37.3 Å². The number of methoxy groups -OCH3 is 1. The van der Waals surface area contributed by atoms with E-state index in [4.69, 9.17) is 4.74 Å². The number of carbonyl (C=O) groups excluding carboxylic acids is 2. The summed E-state index contributed by atoms with van der Waals surface area (Å²) in [5.74, 6) is 0.0521. The molecule has 1 aliphatic rings. The molecule has 1 aliphatic heterocycles. The van der Waals surface area contributed by atoms with Gasteiger partial charge in [-0.25, -0.2) is 4.68 Å². The van der Waals surface area contributed by atoms with Crippen molar-refractivity contribution in [1.82, 2.24) is 14.7 Å². The van der Waals surface area contributed by atoms with Crippen LogP contribution in [-0.4, -0.2) is 56.2 Å². The number of aryl methyl sites for hydroxylation is 1. The van der Waals surface area contributed by atoms with E-state index in [9.17, 15) is 24.5 Å². The van der Waals surface area contributed by atoms with Crippen molar-refractivity contribution in [3.8, 4) is 11.4 Å². The summed E-state index contributed by atoms with van der Waals surface area (Å²) in [5, 5.41) is 18.4. The molecular formula is C23H21N5O6S. The molecule has 180 valence electrons. The van der Waals surface area contributed by atoms with Crippen molar-refractivity contribution >= 4 is 35.0 Å². The molecular weight excluding hydrogens is 474 g/mol. The number of hydrogen-bond acceptors (Lipinski definition) is 8. The number of anilines is 1. The summed E-state index contributed by atoms with van der Waals surface area (Å²) in [7, 11) is 1.54. The quantitative estimate of drug-likeness (QED) is 0.407. The highest BCUT2D eigenvalue weighted by Gasteiger charge is 2.37. The van der Waals surface area contributed by atoms with Gasteiger partial charge >= 0.3 is 0 Å². The minimum atomic E-state index is -0.823. The number of hydrogen-bond donors (Lipinski definition) is 1. The molecule has 11 nitrogen and oxygen atoms in total. The molecule has 4 rings (SSSR count). The summed E-state index contributed by atoms with van der Waals surface area (Å²) in [6.45, 7) is 1.57. The zero-order chi connectivity index (χ0) is 25.1. The van der Waals surface area contributed by atoms with Crippen molar-refractivity contribution in [3.05, 3.63) is 86.3 Å². The van der Waals surface area contributed by atoms with Gasteiger partial charge in [-0.3, -0.25) is 24.5 Å². The number of amides is 2. The lowest BCUT2D eigenvalue weighted by Crippen LogP contribution is -2.46. The Labute approximate surface area is 203 Å². The van der Waals surface area contributed by atoms with Gasteiger partial charge in [-0.2, -0.15) is 5.10 Å². The van der Waals surface area contributed by atoms with E-state index in [0.717, 1.165) is 0 Å². The molecule has 1 N–H and O–H groups in total. The fourth-order valence-electron chi connectivity index (χ4n) is 3.63. The van der Waals surface area contributed by atoms with Gasteiger partial charge in [0.1, 0.15) is 17.5 Å². The van der Waals surface area contributed by atoms with E-state index in [0.29, 0.717) is 22.9 Å². The number of aromatic nitrogens is 2. The van der Waals surface area contributed by atoms with Gasteiger partial charge < -0.3 is 15.0 Å². The Hall–Kier alpha value is -4.19. The summed E-state index contributed by atoms with van der Waals surface area (Å²) in [6, 6.07) is 13.0. The Kier molecular flexibility index (Phi) is 6.82. The Bertz CT molecular complexity index is 1360. The fourth-order valence-corrected chi connectivity index (χ4v) is 4.79. The minimum Gasteiger partial charge on any atom is -0.497 e. The average molecular weight is 496 g/mol. The zero-order valence-electron chi connectivity index (χ0n) is 18.8. The first-order valence-electron chi connectivity index (χ1n) is 10.5. The molecule has 1 unspecified atom stereocenters. The molecule has 2 amide bonds. The summed E-state index contributed by atoms with van der Waals surface area (Å²) < 4.78 is 6.31. The van der Waals surface area contributed by atoms with Crippen LogP contribution in [-0.2, 0) is 4.79 Å². The lowest BCUT2D eigenvalue weighted by Gasteiger charge is -2.23. The van der Waals surface area contributed by atoms with Crippen LogP contribution < -0.4 is 15.5 Å². The van der Waals surface area contributed by atoms with E-state index in [1.165, 1.54) is 52.7 Å². The predicted molar refractivity (Wildman–Crippen MR) is 130 cm³/mol. The maximum absolute atomic E-state index is 13.3. The molecule has 3 aromatic rings. The number of thioether (sulfide) groups is 1. The average Bonchev–Trinajstić information content (AvgIpc) is 3.34. The fraction of sp³-hybridized carbons (Fsp3) is 0.217. The maximum atomic E-state index is 13.3. The number of nitro groups is 1. The second-order valence-electron chi connectivity index (χ2n) is 7.66. The van der Waals surface area contributed by atoms with Gasteiger partial charge in [0.25, 0.3) is 11.6 Å². The van der Waals surface area contributed by atoms with E-state index in [2.05, 4.69) is 10.4 Å². The van der Waals surface area contributed by atoms with Crippen LogP contribution in [0.25, 0.3) is 5.69 Å². The number of ether oxygens (including phenoxy) is 1. The van der Waals surface area contributed by atoms with Crippen LogP contribution in [0.5, 0.6) is 5.75 Å². The number of benzene rings is 2. The normalized spacial score (nSPS) is 15.0. The van der Waals surface area contributed by atoms with E-state index in [-0.39, 0.29) is 17.3 Å². The standard InChI is InChI=1S/C23H21N5O6S/c1-14-11-20(29)21(25-27(14)17-5-3-4-6-18(17)28(32)33)23(31)26-13-35-12-19(26)22(30)24-15-7-9-16(34-2)10-8-15/h3-11,19H,12-13H2,1-2H3,(H,24,30). The molecule has 1 aromatic heterocycles. The van der Waals surface area contributed by atoms with Gasteiger partial charge in [-0.15, -0.1) is 11.8 Å². The lowest BCUT2D eigenvalue weighted by molar-refractivity contribution is -0.384. The number of para-hydroxylation sites is 2. The number of nitro benzene ring substituents is 1.